The Morgan fingerprint density at radius 3 is 2.85 bits per heavy atom. The molecule has 3 aromatic rings. The fourth-order valence-electron chi connectivity index (χ4n) is 2.22. The van der Waals surface area contributed by atoms with Gasteiger partial charge in [-0.1, -0.05) is 0 Å². The number of hydrogen-bond donors (Lipinski definition) is 2. The molecule has 0 aliphatic carbocycles. The number of carbonyl (C=O) groups excluding carboxylic acids is 1. The first kappa shape index (κ1) is 18.8. The molecule has 1 unspecified atom stereocenters. The van der Waals surface area contributed by atoms with Gasteiger partial charge < -0.3 is 14.3 Å². The molecule has 7 nitrogen and oxygen atoms in total. The summed E-state index contributed by atoms with van der Waals surface area (Å²) in [6.07, 6.45) is 0.573. The van der Waals surface area contributed by atoms with E-state index in [-0.39, 0.29) is 16.3 Å². The van der Waals surface area contributed by atoms with Crippen LogP contribution in [0, 0.1) is 0 Å². The molecule has 0 radical (unpaired) electrons. The number of nitrogens with one attached hydrogen (secondary N) is 1. The van der Waals surface area contributed by atoms with Crippen LogP contribution >= 0.6 is 22.7 Å². The summed E-state index contributed by atoms with van der Waals surface area (Å²) in [5, 5.41) is 11.7. The lowest BCUT2D eigenvalue weighted by atomic mass is 10.2. The van der Waals surface area contributed by atoms with Crippen LogP contribution in [0.5, 0.6) is 0 Å². The summed E-state index contributed by atoms with van der Waals surface area (Å²) in [6.45, 7) is 0.0360. The molecule has 3 aromatic heterocycles. The Labute approximate surface area is 157 Å². The molecule has 138 valence electrons. The maximum absolute atomic E-state index is 12.5. The number of thiophene rings is 2. The topological polar surface area (TPSA) is 106 Å². The number of aliphatic hydroxyl groups excluding tert-OH is 1. The monoisotopic (exact) mass is 413 g/mol. The molecule has 0 bridgehead atoms. The average molecular weight is 413 g/mol. The van der Waals surface area contributed by atoms with Gasteiger partial charge in [0, 0.05) is 16.3 Å². The Bertz CT molecular complexity index is 987. The van der Waals surface area contributed by atoms with Gasteiger partial charge in [-0.05, 0) is 35.7 Å². The quantitative estimate of drug-likeness (QED) is 0.577. The highest BCUT2D eigenvalue weighted by Gasteiger charge is 2.24. The molecule has 0 spiro atoms. The zero-order valence-electron chi connectivity index (χ0n) is 13.5. The van der Waals surface area contributed by atoms with E-state index >= 15 is 0 Å². The molecule has 0 saturated carbocycles. The van der Waals surface area contributed by atoms with Gasteiger partial charge in [-0.3, -0.25) is 0 Å². The van der Waals surface area contributed by atoms with Crippen molar-refractivity contribution < 1.29 is 27.5 Å². The van der Waals surface area contributed by atoms with Crippen molar-refractivity contribution in [2.24, 2.45) is 0 Å². The third-order valence-electron chi connectivity index (χ3n) is 3.49. The molecule has 26 heavy (non-hydrogen) atoms. The van der Waals surface area contributed by atoms with E-state index in [4.69, 9.17) is 4.42 Å². The number of furan rings is 1. The first-order valence-corrected chi connectivity index (χ1v) is 10.6. The van der Waals surface area contributed by atoms with Crippen LogP contribution in [0.2, 0.25) is 0 Å². The lowest BCUT2D eigenvalue weighted by molar-refractivity contribution is 0.0602. The lowest BCUT2D eigenvalue weighted by Crippen LogP contribution is -2.24. The molecular weight excluding hydrogens is 398 g/mol. The normalized spacial score (nSPS) is 12.8. The third kappa shape index (κ3) is 3.89. The van der Waals surface area contributed by atoms with Crippen LogP contribution in [-0.4, -0.2) is 26.6 Å². The van der Waals surface area contributed by atoms with E-state index < -0.39 is 22.1 Å². The van der Waals surface area contributed by atoms with Crippen molar-refractivity contribution in [1.29, 1.82) is 0 Å². The third-order valence-corrected chi connectivity index (χ3v) is 7.10. The first-order chi connectivity index (χ1) is 12.4. The van der Waals surface area contributed by atoms with Gasteiger partial charge in [-0.15, -0.1) is 22.7 Å². The number of methoxy groups -OCH3 is 1. The van der Waals surface area contributed by atoms with Gasteiger partial charge in [-0.25, -0.2) is 17.9 Å². The Kier molecular flexibility index (Phi) is 5.58. The Morgan fingerprint density at radius 2 is 2.15 bits per heavy atom. The van der Waals surface area contributed by atoms with E-state index in [0.717, 1.165) is 11.3 Å². The summed E-state index contributed by atoms with van der Waals surface area (Å²) >= 11 is 2.27. The molecule has 0 aliphatic heterocycles. The van der Waals surface area contributed by atoms with E-state index in [1.807, 2.05) is 0 Å². The number of carbonyl (C=O) groups is 1. The molecular formula is C16H15NO6S3. The lowest BCUT2D eigenvalue weighted by Gasteiger charge is -2.06. The molecule has 1 atom stereocenters. The second kappa shape index (κ2) is 7.72. The summed E-state index contributed by atoms with van der Waals surface area (Å²) in [6, 6.07) is 8.15. The second-order valence-electron chi connectivity index (χ2n) is 5.15. The number of esters is 1. The van der Waals surface area contributed by atoms with E-state index in [0.29, 0.717) is 15.5 Å². The molecule has 0 saturated heterocycles. The van der Waals surface area contributed by atoms with Crippen LogP contribution < -0.4 is 4.72 Å². The fourth-order valence-corrected chi connectivity index (χ4v) is 5.60. The molecule has 3 heterocycles. The standard InChI is InChI=1S/C16H15NO6S3/c1-22-16(19)15-13(6-8-24-15)26(20,21)17-9-10-4-5-12(25-10)14(18)11-3-2-7-23-11/h2-8,14,17-18H,9H2,1H3. The predicted molar refractivity (Wildman–Crippen MR) is 96.8 cm³/mol. The highest BCUT2D eigenvalue weighted by atomic mass is 32.2. The highest BCUT2D eigenvalue weighted by molar-refractivity contribution is 7.89. The molecule has 2 N–H and O–H groups in total. The SMILES string of the molecule is COC(=O)c1sccc1S(=O)(=O)NCc1ccc(C(O)c2ccco2)s1. The average Bonchev–Trinajstić information content (AvgIpc) is 3.39. The van der Waals surface area contributed by atoms with E-state index in [9.17, 15) is 18.3 Å². The van der Waals surface area contributed by atoms with E-state index in [1.54, 1.807) is 24.3 Å². The number of sulfonamides is 1. The minimum Gasteiger partial charge on any atom is -0.466 e. The van der Waals surface area contributed by atoms with Crippen LogP contribution in [-0.2, 0) is 21.3 Å². The minimum atomic E-state index is -3.87. The van der Waals surface area contributed by atoms with Crippen molar-refractivity contribution in [3.8, 4) is 0 Å². The summed E-state index contributed by atoms with van der Waals surface area (Å²) in [7, 11) is -2.67. The molecule has 0 amide bonds. The summed E-state index contributed by atoms with van der Waals surface area (Å²) < 4.78 is 37.2. The van der Waals surface area contributed by atoms with E-state index in [1.165, 1.54) is 36.2 Å². The number of hydrogen-bond acceptors (Lipinski definition) is 8. The Morgan fingerprint density at radius 1 is 1.35 bits per heavy atom. The summed E-state index contributed by atoms with van der Waals surface area (Å²) in [5.41, 5.74) is 0. The molecule has 10 heteroatoms. The second-order valence-corrected chi connectivity index (χ2v) is 9.00. The maximum atomic E-state index is 12.5. The minimum absolute atomic E-state index is 0.0279. The van der Waals surface area contributed by atoms with Crippen molar-refractivity contribution in [3.63, 3.8) is 0 Å². The Hall–Kier alpha value is -1.98. The van der Waals surface area contributed by atoms with Gasteiger partial charge in [-0.2, -0.15) is 0 Å². The van der Waals surface area contributed by atoms with Crippen molar-refractivity contribution in [2.75, 3.05) is 7.11 Å². The van der Waals surface area contributed by atoms with Gasteiger partial charge in [0.1, 0.15) is 21.6 Å². The molecule has 0 aromatic carbocycles. The molecule has 0 fully saturated rings. The van der Waals surface area contributed by atoms with E-state index in [2.05, 4.69) is 9.46 Å². The van der Waals surface area contributed by atoms with Gasteiger partial charge in [0.15, 0.2) is 0 Å². The number of ether oxygens (including phenoxy) is 1. The van der Waals surface area contributed by atoms with Gasteiger partial charge >= 0.3 is 5.97 Å². The highest BCUT2D eigenvalue weighted by Crippen LogP contribution is 2.29. The van der Waals surface area contributed by atoms with Crippen molar-refractivity contribution in [3.05, 3.63) is 62.4 Å². The first-order valence-electron chi connectivity index (χ1n) is 7.38. The number of aliphatic hydroxyl groups is 1. The smallest absolute Gasteiger partial charge is 0.349 e. The van der Waals surface area contributed by atoms with Crippen molar-refractivity contribution in [1.82, 2.24) is 4.72 Å². The largest absolute Gasteiger partial charge is 0.466 e. The maximum Gasteiger partial charge on any atom is 0.349 e. The zero-order valence-corrected chi connectivity index (χ0v) is 16.0. The zero-order chi connectivity index (χ0) is 18.7. The van der Waals surface area contributed by atoms with Crippen LogP contribution in [0.4, 0.5) is 0 Å². The Balaban J connectivity index is 1.71. The van der Waals surface area contributed by atoms with Crippen LogP contribution in [0.1, 0.15) is 31.3 Å². The van der Waals surface area contributed by atoms with Crippen LogP contribution in [0.15, 0.2) is 51.3 Å². The molecule has 0 aliphatic rings. The summed E-state index contributed by atoms with van der Waals surface area (Å²) in [5.74, 6) is -0.277. The van der Waals surface area contributed by atoms with Crippen LogP contribution in [0.25, 0.3) is 0 Å². The number of rotatable bonds is 7. The van der Waals surface area contributed by atoms with Crippen molar-refractivity contribution >= 4 is 38.7 Å². The van der Waals surface area contributed by atoms with Crippen molar-refractivity contribution in [2.45, 2.75) is 17.5 Å². The predicted octanol–water partition coefficient (Wildman–Crippen LogP) is 2.75. The van der Waals surface area contributed by atoms with Gasteiger partial charge in [0.05, 0.1) is 13.4 Å². The molecule has 3 rings (SSSR count). The fraction of sp³-hybridized carbons (Fsp3) is 0.188. The summed E-state index contributed by atoms with van der Waals surface area (Å²) in [4.78, 5) is 12.9. The van der Waals surface area contributed by atoms with Crippen LogP contribution in [0.3, 0.4) is 0 Å². The van der Waals surface area contributed by atoms with Gasteiger partial charge in [0.25, 0.3) is 0 Å². The van der Waals surface area contributed by atoms with Gasteiger partial charge in [0.2, 0.25) is 10.0 Å².